The summed E-state index contributed by atoms with van der Waals surface area (Å²) >= 11 is 0. The average Bonchev–Trinajstić information content (AvgIpc) is 2.03. The summed E-state index contributed by atoms with van der Waals surface area (Å²) in [5.41, 5.74) is 1.27. The molecule has 1 aromatic carbocycles. The number of rotatable bonds is 3. The van der Waals surface area contributed by atoms with Crippen molar-refractivity contribution in [3.05, 3.63) is 35.9 Å². The molecule has 0 saturated carbocycles. The molecular weight excluding hydrogens is 124 g/mol. The van der Waals surface area contributed by atoms with Gasteiger partial charge in [-0.2, -0.15) is 0 Å². The zero-order valence-corrected chi connectivity index (χ0v) is 5.88. The van der Waals surface area contributed by atoms with E-state index in [0.29, 0.717) is 0 Å². The van der Waals surface area contributed by atoms with Crippen LogP contribution in [0, 0.1) is 6.07 Å². The Balaban J connectivity index is 2.43. The first kappa shape index (κ1) is 7.29. The van der Waals surface area contributed by atoms with E-state index in [2.05, 4.69) is 6.07 Å². The highest BCUT2D eigenvalue weighted by atomic mass is 16.2. The summed E-state index contributed by atoms with van der Waals surface area (Å²) < 4.78 is 0. The lowest BCUT2D eigenvalue weighted by atomic mass is 10.1. The molecule has 1 aromatic rings. The molecule has 0 amide bonds. The van der Waals surface area contributed by atoms with Gasteiger partial charge in [0.05, 0.1) is 0 Å². The van der Waals surface area contributed by atoms with Crippen molar-refractivity contribution in [1.82, 2.24) is 0 Å². The molecule has 1 rings (SSSR count). The zero-order valence-electron chi connectivity index (χ0n) is 5.88. The lowest BCUT2D eigenvalue weighted by Crippen LogP contribution is -1.87. The van der Waals surface area contributed by atoms with E-state index in [1.165, 1.54) is 5.56 Å². The maximum Gasteiger partial charge on any atom is 0.0434 e. The van der Waals surface area contributed by atoms with Crippen LogP contribution in [0.3, 0.4) is 0 Å². The van der Waals surface area contributed by atoms with Gasteiger partial charge >= 0.3 is 0 Å². The molecule has 0 saturated heterocycles. The molecule has 0 unspecified atom stereocenters. The van der Waals surface area contributed by atoms with Gasteiger partial charge in [-0.05, 0) is 24.5 Å². The molecule has 0 aliphatic carbocycles. The van der Waals surface area contributed by atoms with E-state index in [-0.39, 0.29) is 6.61 Å². The smallest absolute Gasteiger partial charge is 0.0434 e. The van der Waals surface area contributed by atoms with Gasteiger partial charge in [0.1, 0.15) is 0 Å². The van der Waals surface area contributed by atoms with Gasteiger partial charge in [-0.3, -0.25) is 0 Å². The summed E-state index contributed by atoms with van der Waals surface area (Å²) in [6, 6.07) is 10.8. The van der Waals surface area contributed by atoms with Crippen LogP contribution in [0.15, 0.2) is 24.3 Å². The number of aliphatic hydroxyl groups excluding tert-OH is 1. The van der Waals surface area contributed by atoms with Crippen LogP contribution in [0.1, 0.15) is 12.0 Å². The van der Waals surface area contributed by atoms with Crippen LogP contribution in [0.25, 0.3) is 0 Å². The first-order chi connectivity index (χ1) is 4.93. The fraction of sp³-hybridized carbons (Fsp3) is 0.333. The van der Waals surface area contributed by atoms with Gasteiger partial charge in [0.15, 0.2) is 0 Å². The van der Waals surface area contributed by atoms with Crippen LogP contribution in [0.5, 0.6) is 0 Å². The summed E-state index contributed by atoms with van der Waals surface area (Å²) in [6.45, 7) is 0.276. The molecule has 1 radical (unpaired) electrons. The maximum atomic E-state index is 8.52. The van der Waals surface area contributed by atoms with Crippen molar-refractivity contribution < 1.29 is 5.11 Å². The Morgan fingerprint density at radius 2 is 2.00 bits per heavy atom. The summed E-state index contributed by atoms with van der Waals surface area (Å²) in [6.07, 6.45) is 1.81. The summed E-state index contributed by atoms with van der Waals surface area (Å²) in [7, 11) is 0. The Labute approximate surface area is 61.3 Å². The fourth-order valence-electron chi connectivity index (χ4n) is 0.871. The van der Waals surface area contributed by atoms with Gasteiger partial charge in [-0.1, -0.05) is 24.3 Å². The molecule has 0 atom stereocenters. The largest absolute Gasteiger partial charge is 0.396 e. The minimum absolute atomic E-state index is 0.276. The number of aryl methyl sites for hydroxylation is 1. The third-order valence-corrected chi connectivity index (χ3v) is 1.41. The van der Waals surface area contributed by atoms with Gasteiger partial charge in [0.2, 0.25) is 0 Å². The van der Waals surface area contributed by atoms with Crippen LogP contribution < -0.4 is 0 Å². The van der Waals surface area contributed by atoms with Crippen molar-refractivity contribution in [1.29, 1.82) is 0 Å². The standard InChI is InChI=1S/C9H11O/c10-8-4-7-9-5-2-1-3-6-9/h2-3,5-6,10H,4,7-8H2. The third kappa shape index (κ3) is 2.19. The lowest BCUT2D eigenvalue weighted by molar-refractivity contribution is 0.288. The Bertz CT molecular complexity index is 169. The molecule has 0 aliphatic heterocycles. The lowest BCUT2D eigenvalue weighted by Gasteiger charge is -1.95. The molecule has 10 heavy (non-hydrogen) atoms. The normalized spacial score (nSPS) is 9.70. The predicted molar refractivity (Wildman–Crippen MR) is 40.7 cm³/mol. The maximum absolute atomic E-state index is 8.52. The molecule has 0 spiro atoms. The van der Waals surface area contributed by atoms with E-state index in [1.807, 2.05) is 24.3 Å². The monoisotopic (exact) mass is 135 g/mol. The minimum atomic E-state index is 0.276. The summed E-state index contributed by atoms with van der Waals surface area (Å²) in [5.74, 6) is 0. The topological polar surface area (TPSA) is 20.2 Å². The molecule has 0 aromatic heterocycles. The number of hydrogen-bond acceptors (Lipinski definition) is 1. The van der Waals surface area contributed by atoms with E-state index in [0.717, 1.165) is 12.8 Å². The number of hydrogen-bond donors (Lipinski definition) is 1. The predicted octanol–water partition coefficient (Wildman–Crippen LogP) is 1.41. The average molecular weight is 135 g/mol. The second kappa shape index (κ2) is 4.07. The van der Waals surface area contributed by atoms with Gasteiger partial charge < -0.3 is 5.11 Å². The summed E-state index contributed by atoms with van der Waals surface area (Å²) in [5, 5.41) is 8.52. The van der Waals surface area contributed by atoms with Gasteiger partial charge in [0.25, 0.3) is 0 Å². The van der Waals surface area contributed by atoms with Gasteiger partial charge in [-0.25, -0.2) is 0 Å². The molecule has 1 nitrogen and oxygen atoms in total. The van der Waals surface area contributed by atoms with Crippen molar-refractivity contribution in [2.75, 3.05) is 6.61 Å². The van der Waals surface area contributed by atoms with Crippen molar-refractivity contribution in [2.45, 2.75) is 12.8 Å². The molecule has 0 fully saturated rings. The Morgan fingerprint density at radius 3 is 2.60 bits per heavy atom. The van der Waals surface area contributed by atoms with Crippen molar-refractivity contribution >= 4 is 0 Å². The number of aliphatic hydroxyl groups is 1. The van der Waals surface area contributed by atoms with E-state index in [9.17, 15) is 0 Å². The van der Waals surface area contributed by atoms with Crippen LogP contribution in [-0.2, 0) is 6.42 Å². The highest BCUT2D eigenvalue weighted by Crippen LogP contribution is 2.00. The zero-order chi connectivity index (χ0) is 7.23. The fourth-order valence-corrected chi connectivity index (χ4v) is 0.871. The van der Waals surface area contributed by atoms with E-state index < -0.39 is 0 Å². The van der Waals surface area contributed by atoms with E-state index >= 15 is 0 Å². The molecular formula is C9H11O. The molecule has 0 heterocycles. The van der Waals surface area contributed by atoms with Crippen LogP contribution in [-0.4, -0.2) is 11.7 Å². The second-order valence-corrected chi connectivity index (χ2v) is 2.24. The Hall–Kier alpha value is -0.820. The summed E-state index contributed by atoms with van der Waals surface area (Å²) in [4.78, 5) is 0. The molecule has 53 valence electrons. The Kier molecular flexibility index (Phi) is 2.97. The van der Waals surface area contributed by atoms with Gasteiger partial charge in [0, 0.05) is 6.61 Å². The van der Waals surface area contributed by atoms with Gasteiger partial charge in [-0.15, -0.1) is 0 Å². The molecule has 0 bridgehead atoms. The molecule has 0 aliphatic rings. The van der Waals surface area contributed by atoms with E-state index in [1.54, 1.807) is 0 Å². The minimum Gasteiger partial charge on any atom is -0.396 e. The highest BCUT2D eigenvalue weighted by Gasteiger charge is 1.88. The van der Waals surface area contributed by atoms with Crippen LogP contribution in [0.4, 0.5) is 0 Å². The van der Waals surface area contributed by atoms with Crippen LogP contribution in [0.2, 0.25) is 0 Å². The van der Waals surface area contributed by atoms with Crippen molar-refractivity contribution in [3.63, 3.8) is 0 Å². The van der Waals surface area contributed by atoms with Crippen molar-refractivity contribution in [3.8, 4) is 0 Å². The first-order valence-electron chi connectivity index (χ1n) is 3.49. The molecule has 1 N–H and O–H groups in total. The second-order valence-electron chi connectivity index (χ2n) is 2.24. The first-order valence-corrected chi connectivity index (χ1v) is 3.49. The molecule has 1 heteroatoms. The number of benzene rings is 1. The van der Waals surface area contributed by atoms with Crippen LogP contribution >= 0.6 is 0 Å². The Morgan fingerprint density at radius 1 is 1.30 bits per heavy atom. The van der Waals surface area contributed by atoms with E-state index in [4.69, 9.17) is 5.11 Å². The third-order valence-electron chi connectivity index (χ3n) is 1.41. The highest BCUT2D eigenvalue weighted by molar-refractivity contribution is 5.13. The SMILES string of the molecule is OCCCc1cc[c]cc1. The van der Waals surface area contributed by atoms with Crippen molar-refractivity contribution in [2.24, 2.45) is 0 Å². The quantitative estimate of drug-likeness (QED) is 0.664.